The maximum Gasteiger partial charge on any atom is 0.276 e. The van der Waals surface area contributed by atoms with E-state index in [4.69, 9.17) is 0 Å². The van der Waals surface area contributed by atoms with Crippen LogP contribution in [0, 0.1) is 6.92 Å². The number of hydrogen-bond donors (Lipinski definition) is 2. The Kier molecular flexibility index (Phi) is 5.12. The van der Waals surface area contributed by atoms with Gasteiger partial charge >= 0.3 is 0 Å². The van der Waals surface area contributed by atoms with Crippen LogP contribution in [0.2, 0.25) is 0 Å². The molecule has 0 unspecified atom stereocenters. The van der Waals surface area contributed by atoms with Gasteiger partial charge in [-0.1, -0.05) is 24.3 Å². The SMILES string of the molecule is Cc1cccc(NC(=O)c2ccccc2NC(=O)c2ccc(=O)n(C)n2)c1. The van der Waals surface area contributed by atoms with Gasteiger partial charge in [-0.2, -0.15) is 5.10 Å². The lowest BCUT2D eigenvalue weighted by atomic mass is 10.1. The van der Waals surface area contributed by atoms with Gasteiger partial charge in [-0.15, -0.1) is 0 Å². The zero-order valence-electron chi connectivity index (χ0n) is 14.9. The van der Waals surface area contributed by atoms with Crippen molar-refractivity contribution in [2.45, 2.75) is 6.92 Å². The second-order valence-corrected chi connectivity index (χ2v) is 6.00. The van der Waals surface area contributed by atoms with Gasteiger partial charge in [-0.25, -0.2) is 4.68 Å². The van der Waals surface area contributed by atoms with Crippen molar-refractivity contribution in [2.24, 2.45) is 7.05 Å². The largest absolute Gasteiger partial charge is 0.322 e. The number of aryl methyl sites for hydroxylation is 2. The second-order valence-electron chi connectivity index (χ2n) is 6.00. The van der Waals surface area contributed by atoms with Crippen molar-refractivity contribution in [1.82, 2.24) is 9.78 Å². The van der Waals surface area contributed by atoms with E-state index < -0.39 is 5.91 Å². The normalized spacial score (nSPS) is 10.3. The van der Waals surface area contributed by atoms with Crippen LogP contribution in [0.4, 0.5) is 11.4 Å². The third kappa shape index (κ3) is 4.27. The number of anilines is 2. The molecule has 27 heavy (non-hydrogen) atoms. The van der Waals surface area contributed by atoms with Crippen LogP contribution in [0.5, 0.6) is 0 Å². The monoisotopic (exact) mass is 362 g/mol. The zero-order valence-corrected chi connectivity index (χ0v) is 14.9. The third-order valence-corrected chi connectivity index (χ3v) is 3.89. The molecule has 3 rings (SSSR count). The molecule has 3 aromatic rings. The molecule has 1 heterocycles. The number of amides is 2. The fraction of sp³-hybridized carbons (Fsp3) is 0.100. The van der Waals surface area contributed by atoms with Gasteiger partial charge in [0.15, 0.2) is 0 Å². The average Bonchev–Trinajstić information content (AvgIpc) is 2.64. The Bertz CT molecular complexity index is 1070. The first-order valence-corrected chi connectivity index (χ1v) is 8.27. The molecule has 0 bridgehead atoms. The number of carbonyl (C=O) groups is 2. The van der Waals surface area contributed by atoms with E-state index in [1.54, 1.807) is 30.3 Å². The van der Waals surface area contributed by atoms with Crippen molar-refractivity contribution in [3.63, 3.8) is 0 Å². The minimum absolute atomic E-state index is 0.0750. The van der Waals surface area contributed by atoms with Crippen LogP contribution >= 0.6 is 0 Å². The predicted octanol–water partition coefficient (Wildman–Crippen LogP) is 2.59. The Morgan fingerprint density at radius 2 is 1.70 bits per heavy atom. The topological polar surface area (TPSA) is 93.1 Å². The summed E-state index contributed by atoms with van der Waals surface area (Å²) in [6, 6.07) is 16.7. The number of para-hydroxylation sites is 1. The Morgan fingerprint density at radius 3 is 2.44 bits per heavy atom. The summed E-state index contributed by atoms with van der Waals surface area (Å²) in [5.41, 5.74) is 2.12. The molecular weight excluding hydrogens is 344 g/mol. The lowest BCUT2D eigenvalue weighted by molar-refractivity contribution is 0.102. The molecule has 2 N–H and O–H groups in total. The smallest absolute Gasteiger partial charge is 0.276 e. The fourth-order valence-corrected chi connectivity index (χ4v) is 2.52. The molecule has 1 aromatic heterocycles. The van der Waals surface area contributed by atoms with Gasteiger partial charge in [0, 0.05) is 18.8 Å². The standard InChI is InChI=1S/C20H18N4O3/c1-13-6-5-7-14(12-13)21-19(26)15-8-3-4-9-16(15)22-20(27)17-10-11-18(25)24(2)23-17/h3-12H,1-2H3,(H,21,26)(H,22,27). The van der Waals surface area contributed by atoms with Gasteiger partial charge in [0.1, 0.15) is 5.69 Å². The van der Waals surface area contributed by atoms with Crippen molar-refractivity contribution in [3.05, 3.63) is 87.8 Å². The predicted molar refractivity (Wildman–Crippen MR) is 103 cm³/mol. The molecule has 7 nitrogen and oxygen atoms in total. The molecule has 0 radical (unpaired) electrons. The molecule has 0 spiro atoms. The molecule has 0 aliphatic rings. The maximum atomic E-state index is 12.6. The van der Waals surface area contributed by atoms with E-state index >= 15 is 0 Å². The molecule has 0 fully saturated rings. The second kappa shape index (κ2) is 7.65. The third-order valence-electron chi connectivity index (χ3n) is 3.89. The van der Waals surface area contributed by atoms with Crippen LogP contribution in [0.3, 0.4) is 0 Å². The Morgan fingerprint density at radius 1 is 0.926 bits per heavy atom. The maximum absolute atomic E-state index is 12.6. The number of rotatable bonds is 4. The summed E-state index contributed by atoms with van der Waals surface area (Å²) in [7, 11) is 1.46. The van der Waals surface area contributed by atoms with Crippen LogP contribution in [0.1, 0.15) is 26.4 Å². The Balaban J connectivity index is 1.83. The van der Waals surface area contributed by atoms with Crippen LogP contribution in [-0.4, -0.2) is 21.6 Å². The van der Waals surface area contributed by atoms with Gasteiger partial charge in [-0.3, -0.25) is 14.4 Å². The van der Waals surface area contributed by atoms with Crippen LogP contribution in [0.15, 0.2) is 65.5 Å². The molecule has 136 valence electrons. The summed E-state index contributed by atoms with van der Waals surface area (Å²) < 4.78 is 1.07. The first-order valence-electron chi connectivity index (χ1n) is 8.27. The quantitative estimate of drug-likeness (QED) is 0.746. The van der Waals surface area contributed by atoms with Crippen molar-refractivity contribution in [3.8, 4) is 0 Å². The lowest BCUT2D eigenvalue weighted by Gasteiger charge is -2.12. The van der Waals surface area contributed by atoms with Crippen molar-refractivity contribution in [2.75, 3.05) is 10.6 Å². The van der Waals surface area contributed by atoms with E-state index in [-0.39, 0.29) is 17.2 Å². The summed E-state index contributed by atoms with van der Waals surface area (Å²) in [4.78, 5) is 36.5. The number of aromatic nitrogens is 2. The average molecular weight is 362 g/mol. The minimum atomic E-state index is -0.513. The van der Waals surface area contributed by atoms with E-state index in [0.717, 1.165) is 10.2 Å². The van der Waals surface area contributed by atoms with Crippen molar-refractivity contribution in [1.29, 1.82) is 0 Å². The Hall–Kier alpha value is -3.74. The summed E-state index contributed by atoms with van der Waals surface area (Å²) >= 11 is 0. The molecule has 0 saturated carbocycles. The molecule has 0 aliphatic carbocycles. The minimum Gasteiger partial charge on any atom is -0.322 e. The number of benzene rings is 2. The number of hydrogen-bond acceptors (Lipinski definition) is 4. The molecule has 0 atom stereocenters. The number of nitrogens with zero attached hydrogens (tertiary/aromatic N) is 2. The lowest BCUT2D eigenvalue weighted by Crippen LogP contribution is -2.24. The van der Waals surface area contributed by atoms with E-state index in [2.05, 4.69) is 15.7 Å². The van der Waals surface area contributed by atoms with Gasteiger partial charge in [0.2, 0.25) is 0 Å². The van der Waals surface area contributed by atoms with Crippen LogP contribution in [0.25, 0.3) is 0 Å². The molecule has 2 amide bonds. The first-order chi connectivity index (χ1) is 12.9. The molecular formula is C20H18N4O3. The molecule has 0 saturated heterocycles. The van der Waals surface area contributed by atoms with Gasteiger partial charge in [-0.05, 0) is 42.8 Å². The van der Waals surface area contributed by atoms with Crippen LogP contribution < -0.4 is 16.2 Å². The highest BCUT2D eigenvalue weighted by atomic mass is 16.2. The van der Waals surface area contributed by atoms with Crippen LogP contribution in [-0.2, 0) is 7.05 Å². The van der Waals surface area contributed by atoms with Gasteiger partial charge < -0.3 is 10.6 Å². The highest BCUT2D eigenvalue weighted by molar-refractivity contribution is 6.12. The zero-order chi connectivity index (χ0) is 19.4. The summed E-state index contributed by atoms with van der Waals surface area (Å²) in [5, 5.41) is 9.40. The van der Waals surface area contributed by atoms with E-state index in [1.165, 1.54) is 19.2 Å². The van der Waals surface area contributed by atoms with Crippen molar-refractivity contribution < 1.29 is 9.59 Å². The van der Waals surface area contributed by atoms with Crippen molar-refractivity contribution >= 4 is 23.2 Å². The van der Waals surface area contributed by atoms with E-state index in [0.29, 0.717) is 16.9 Å². The summed E-state index contributed by atoms with van der Waals surface area (Å²) in [6.07, 6.45) is 0. The molecule has 0 aliphatic heterocycles. The fourth-order valence-electron chi connectivity index (χ4n) is 2.52. The Labute approximate surface area is 155 Å². The first kappa shape index (κ1) is 18.1. The number of nitrogens with one attached hydrogen (secondary N) is 2. The summed E-state index contributed by atoms with van der Waals surface area (Å²) in [6.45, 7) is 1.93. The molecule has 7 heteroatoms. The van der Waals surface area contributed by atoms with Gasteiger partial charge in [0.25, 0.3) is 17.4 Å². The summed E-state index contributed by atoms with van der Waals surface area (Å²) in [5.74, 6) is -0.855. The van der Waals surface area contributed by atoms with Gasteiger partial charge in [0.05, 0.1) is 11.3 Å². The van der Waals surface area contributed by atoms with E-state index in [9.17, 15) is 14.4 Å². The molecule has 2 aromatic carbocycles. The number of carbonyl (C=O) groups excluding carboxylic acids is 2. The van der Waals surface area contributed by atoms with E-state index in [1.807, 2.05) is 25.1 Å². The highest BCUT2D eigenvalue weighted by Gasteiger charge is 2.15. The highest BCUT2D eigenvalue weighted by Crippen LogP contribution is 2.18.